The maximum Gasteiger partial charge on any atom is 0.259 e. The van der Waals surface area contributed by atoms with Crippen molar-refractivity contribution in [1.29, 1.82) is 0 Å². The van der Waals surface area contributed by atoms with E-state index in [0.717, 1.165) is 22.5 Å². The lowest BCUT2D eigenvalue weighted by atomic mass is 10.0. The number of aryl methyl sites for hydroxylation is 4. The van der Waals surface area contributed by atoms with Crippen molar-refractivity contribution in [3.05, 3.63) is 82.3 Å². The van der Waals surface area contributed by atoms with E-state index in [-0.39, 0.29) is 30.9 Å². The Labute approximate surface area is 267 Å². The van der Waals surface area contributed by atoms with Gasteiger partial charge in [-0.1, -0.05) is 18.2 Å². The largest absolute Gasteiger partial charge is 0.493 e. The lowest BCUT2D eigenvalue weighted by Crippen LogP contribution is -2.58. The minimum absolute atomic E-state index is 0.0600. The average molecular weight is 627 g/mol. The molecule has 0 aliphatic carbocycles. The first-order valence-corrected chi connectivity index (χ1v) is 15.4. The Hall–Kier alpha value is -5.13. The molecule has 12 nitrogen and oxygen atoms in total. The fraction of sp³-hybridized carbons (Fsp3) is 0.382. The number of hydrogen-bond acceptors (Lipinski definition) is 8. The number of fused-ring (bicyclic) bond motifs is 1. The van der Waals surface area contributed by atoms with E-state index in [1.807, 2.05) is 63.2 Å². The van der Waals surface area contributed by atoms with Crippen LogP contribution in [0, 0.1) is 20.8 Å². The van der Waals surface area contributed by atoms with Crippen molar-refractivity contribution in [1.82, 2.24) is 30.1 Å². The molecule has 0 saturated carbocycles. The Bertz CT molecular complexity index is 1790. The van der Waals surface area contributed by atoms with E-state index in [4.69, 9.17) is 14.2 Å². The number of rotatable bonds is 2. The lowest BCUT2D eigenvalue weighted by molar-refractivity contribution is -0.125. The molecule has 0 spiro atoms. The number of carbonyl (C=O) groups is 3. The highest BCUT2D eigenvalue weighted by Crippen LogP contribution is 2.29. The quantitative estimate of drug-likeness (QED) is 0.347. The number of benzene rings is 2. The van der Waals surface area contributed by atoms with Gasteiger partial charge in [0.15, 0.2) is 23.8 Å². The zero-order valence-corrected chi connectivity index (χ0v) is 26.5. The van der Waals surface area contributed by atoms with E-state index in [2.05, 4.69) is 20.7 Å². The van der Waals surface area contributed by atoms with Gasteiger partial charge in [-0.25, -0.2) is 9.50 Å². The van der Waals surface area contributed by atoms with Crippen molar-refractivity contribution >= 4 is 23.4 Å². The summed E-state index contributed by atoms with van der Waals surface area (Å²) in [7, 11) is 1.53. The number of ether oxygens (including phenoxy) is 3. The van der Waals surface area contributed by atoms with Gasteiger partial charge in [-0.2, -0.15) is 5.10 Å². The second-order valence-electron chi connectivity index (χ2n) is 11.8. The van der Waals surface area contributed by atoms with Crippen molar-refractivity contribution in [3.8, 4) is 17.2 Å². The molecule has 9 rings (SSSR count). The molecule has 46 heavy (non-hydrogen) atoms. The standard InChI is InChI=1S/C34H38N6O6/c1-20-15-21(2)40-33(36-20)32(22(3)38-40)34(43)39-14-13-27-26(18-39)37-31(42)19-45-28-11-7-23(16-29(28)44-4)8-12-30(41)35-17-24-5-9-25(46-27)10-6-24/h5-7,9-11,15-16,26-27H,8,12-14,17-19H2,1-4H3,(H,35,41)(H,37,42)/t26-,27-/m1/s1. The van der Waals surface area contributed by atoms with Gasteiger partial charge < -0.3 is 29.7 Å². The molecule has 1 saturated heterocycles. The first-order chi connectivity index (χ1) is 22.2. The van der Waals surface area contributed by atoms with E-state index in [0.29, 0.717) is 66.5 Å². The fourth-order valence-corrected chi connectivity index (χ4v) is 6.02. The molecule has 2 atom stereocenters. The summed E-state index contributed by atoms with van der Waals surface area (Å²) in [4.78, 5) is 46.1. The Kier molecular flexibility index (Phi) is 8.78. The summed E-state index contributed by atoms with van der Waals surface area (Å²) in [5, 5.41) is 10.6. The minimum Gasteiger partial charge on any atom is -0.493 e. The fourth-order valence-electron chi connectivity index (χ4n) is 6.02. The monoisotopic (exact) mass is 626 g/mol. The van der Waals surface area contributed by atoms with Crippen LogP contribution in [0.5, 0.6) is 17.2 Å². The molecule has 2 aromatic heterocycles. The van der Waals surface area contributed by atoms with E-state index in [1.165, 1.54) is 7.11 Å². The highest BCUT2D eigenvalue weighted by molar-refractivity contribution is 6.01. The van der Waals surface area contributed by atoms with E-state index in [9.17, 15) is 14.4 Å². The molecule has 240 valence electrons. The molecule has 5 aliphatic rings. The first-order valence-electron chi connectivity index (χ1n) is 15.4. The van der Waals surface area contributed by atoms with Gasteiger partial charge in [0.25, 0.3) is 11.8 Å². The number of piperidine rings is 1. The van der Waals surface area contributed by atoms with Gasteiger partial charge in [0.05, 0.1) is 18.8 Å². The number of likely N-dealkylation sites (tertiary alicyclic amines) is 1. The number of nitrogens with one attached hydrogen (secondary N) is 2. The SMILES string of the molecule is COc1cc2ccc1OCC(=O)N[C@@H]1CN(C(=O)c3c(C)nn4c(C)cc(C)nc34)CC[C@H]1Oc1ccc(cc1)CNC(=O)CC2. The summed E-state index contributed by atoms with van der Waals surface area (Å²) >= 11 is 0. The number of carbonyl (C=O) groups excluding carboxylic acids is 3. The third-order valence-electron chi connectivity index (χ3n) is 8.40. The molecule has 5 aliphatic heterocycles. The van der Waals surface area contributed by atoms with Crippen LogP contribution in [0.3, 0.4) is 0 Å². The molecule has 2 N–H and O–H groups in total. The van der Waals surface area contributed by atoms with E-state index >= 15 is 0 Å². The van der Waals surface area contributed by atoms with Crippen LogP contribution >= 0.6 is 0 Å². The normalized spacial score (nSPS) is 19.1. The molecule has 0 unspecified atom stereocenters. The van der Waals surface area contributed by atoms with Gasteiger partial charge in [-0.15, -0.1) is 0 Å². The molecule has 7 heterocycles. The topological polar surface area (TPSA) is 136 Å². The number of aromatic nitrogens is 3. The molecular weight excluding hydrogens is 588 g/mol. The second-order valence-corrected chi connectivity index (χ2v) is 11.8. The minimum atomic E-state index is -0.527. The van der Waals surface area contributed by atoms with Crippen LogP contribution in [-0.2, 0) is 22.6 Å². The highest BCUT2D eigenvalue weighted by Gasteiger charge is 2.36. The zero-order valence-electron chi connectivity index (χ0n) is 26.5. The Morgan fingerprint density at radius 2 is 1.78 bits per heavy atom. The Morgan fingerprint density at radius 1 is 1.00 bits per heavy atom. The summed E-state index contributed by atoms with van der Waals surface area (Å²) in [5.74, 6) is 0.892. The predicted molar refractivity (Wildman–Crippen MR) is 169 cm³/mol. The maximum absolute atomic E-state index is 14.0. The highest BCUT2D eigenvalue weighted by atomic mass is 16.5. The molecule has 4 aromatic rings. The van der Waals surface area contributed by atoms with Crippen molar-refractivity contribution in [2.24, 2.45) is 0 Å². The summed E-state index contributed by atoms with van der Waals surface area (Å²) < 4.78 is 19.5. The van der Waals surface area contributed by atoms with Crippen molar-refractivity contribution < 1.29 is 28.6 Å². The molecule has 1 fully saturated rings. The van der Waals surface area contributed by atoms with Crippen LogP contribution in [-0.4, -0.2) is 76.2 Å². The molecule has 0 radical (unpaired) electrons. The zero-order chi connectivity index (χ0) is 32.4. The van der Waals surface area contributed by atoms with Gasteiger partial charge in [-0.05, 0) is 68.7 Å². The van der Waals surface area contributed by atoms with Crippen molar-refractivity contribution in [3.63, 3.8) is 0 Å². The average Bonchev–Trinajstić information content (AvgIpc) is 3.38. The van der Waals surface area contributed by atoms with Crippen LogP contribution < -0.4 is 24.8 Å². The number of hydrogen-bond donors (Lipinski definition) is 2. The van der Waals surface area contributed by atoms with Gasteiger partial charge in [-0.3, -0.25) is 14.4 Å². The van der Waals surface area contributed by atoms with Crippen LogP contribution in [0.15, 0.2) is 48.5 Å². The summed E-state index contributed by atoms with van der Waals surface area (Å²) in [5.41, 5.74) is 5.10. The van der Waals surface area contributed by atoms with Crippen LogP contribution in [0.2, 0.25) is 0 Å². The van der Waals surface area contributed by atoms with Crippen molar-refractivity contribution in [2.45, 2.75) is 58.7 Å². The number of nitrogens with zero attached hydrogens (tertiary/aromatic N) is 4. The number of amides is 3. The van der Waals surface area contributed by atoms with Gasteiger partial charge in [0.1, 0.15) is 17.4 Å². The van der Waals surface area contributed by atoms with Gasteiger partial charge in [0, 0.05) is 43.9 Å². The second kappa shape index (κ2) is 13.1. The molecule has 2 aromatic carbocycles. The van der Waals surface area contributed by atoms with Crippen LogP contribution in [0.25, 0.3) is 5.65 Å². The summed E-state index contributed by atoms with van der Waals surface area (Å²) in [6, 6.07) is 14.3. The summed E-state index contributed by atoms with van der Waals surface area (Å²) in [6.07, 6.45) is 0.917. The molecule has 4 bridgehead atoms. The first kappa shape index (κ1) is 30.9. The Morgan fingerprint density at radius 3 is 2.57 bits per heavy atom. The lowest BCUT2D eigenvalue weighted by Gasteiger charge is -2.38. The molecular formula is C34H38N6O6. The van der Waals surface area contributed by atoms with Crippen LogP contribution in [0.1, 0.15) is 51.4 Å². The van der Waals surface area contributed by atoms with E-state index < -0.39 is 12.1 Å². The molecule has 12 heteroatoms. The summed E-state index contributed by atoms with van der Waals surface area (Å²) in [6.45, 7) is 6.40. The van der Waals surface area contributed by atoms with E-state index in [1.54, 1.807) is 15.5 Å². The molecule has 3 amide bonds. The number of methoxy groups -OCH3 is 1. The third-order valence-corrected chi connectivity index (χ3v) is 8.40. The smallest absolute Gasteiger partial charge is 0.259 e. The van der Waals surface area contributed by atoms with Gasteiger partial charge in [0.2, 0.25) is 5.91 Å². The Balaban J connectivity index is 1.27. The third kappa shape index (κ3) is 6.60. The van der Waals surface area contributed by atoms with Gasteiger partial charge >= 0.3 is 0 Å². The van der Waals surface area contributed by atoms with Crippen molar-refractivity contribution in [2.75, 3.05) is 26.8 Å². The predicted octanol–water partition coefficient (Wildman–Crippen LogP) is 3.08. The van der Waals surface area contributed by atoms with Crippen LogP contribution in [0.4, 0.5) is 0 Å². The maximum atomic E-state index is 14.0.